The van der Waals surface area contributed by atoms with Crippen LogP contribution in [0, 0.1) is 0 Å². The number of amides is 2. The summed E-state index contributed by atoms with van der Waals surface area (Å²) < 4.78 is 5.04. The molecule has 2 fully saturated rings. The van der Waals surface area contributed by atoms with E-state index in [-0.39, 0.29) is 21.9 Å². The molecule has 7 heteroatoms. The molecule has 1 aromatic carbocycles. The number of benzene rings is 1. The molecule has 2 atom stereocenters. The Kier molecular flexibility index (Phi) is 5.18. The second-order valence-corrected chi connectivity index (χ2v) is 9.61. The predicted octanol–water partition coefficient (Wildman–Crippen LogP) is 1.87. The van der Waals surface area contributed by atoms with Crippen LogP contribution in [0.4, 0.5) is 0 Å². The van der Waals surface area contributed by atoms with Crippen molar-refractivity contribution < 1.29 is 14.3 Å². The van der Waals surface area contributed by atoms with Crippen molar-refractivity contribution >= 4 is 23.6 Å². The normalized spacial score (nSPS) is 26.7. The molecule has 2 saturated heterocycles. The first-order chi connectivity index (χ1) is 13.0. The molecule has 0 saturated carbocycles. The van der Waals surface area contributed by atoms with E-state index in [9.17, 15) is 9.59 Å². The summed E-state index contributed by atoms with van der Waals surface area (Å²) in [6, 6.07) is 7.26. The van der Waals surface area contributed by atoms with Crippen molar-refractivity contribution in [2.75, 3.05) is 39.4 Å². The summed E-state index contributed by atoms with van der Waals surface area (Å²) in [4.78, 5) is 30.1. The van der Waals surface area contributed by atoms with Gasteiger partial charge in [0.05, 0.1) is 13.2 Å². The summed E-state index contributed by atoms with van der Waals surface area (Å²) in [5, 5.41) is 3.01. The Balaban J connectivity index is 1.39. The zero-order valence-electron chi connectivity index (χ0n) is 15.9. The zero-order valence-corrected chi connectivity index (χ0v) is 16.8. The van der Waals surface area contributed by atoms with E-state index in [1.807, 2.05) is 24.3 Å². The SMILES string of the molecule is CC1(C)S[C@@H]2c3ccccc3C(=O)N2[C@@H]1C(=O)NCCCN1CCOCC1. The summed E-state index contributed by atoms with van der Waals surface area (Å²) >= 11 is 1.71. The first-order valence-corrected chi connectivity index (χ1v) is 10.5. The summed E-state index contributed by atoms with van der Waals surface area (Å²) in [6.07, 6.45) is 0.906. The highest BCUT2D eigenvalue weighted by atomic mass is 32.2. The molecule has 6 nitrogen and oxygen atoms in total. The van der Waals surface area contributed by atoms with E-state index in [2.05, 4.69) is 24.1 Å². The third kappa shape index (κ3) is 3.48. The van der Waals surface area contributed by atoms with Crippen LogP contribution in [0.3, 0.4) is 0 Å². The van der Waals surface area contributed by atoms with Crippen LogP contribution in [0.5, 0.6) is 0 Å². The largest absolute Gasteiger partial charge is 0.379 e. The minimum atomic E-state index is -0.448. The highest BCUT2D eigenvalue weighted by molar-refractivity contribution is 8.01. The second kappa shape index (κ2) is 7.45. The number of nitrogens with one attached hydrogen (secondary N) is 1. The van der Waals surface area contributed by atoms with Crippen molar-refractivity contribution in [3.05, 3.63) is 35.4 Å². The first kappa shape index (κ1) is 18.8. The van der Waals surface area contributed by atoms with Gasteiger partial charge < -0.3 is 15.0 Å². The van der Waals surface area contributed by atoms with Gasteiger partial charge in [-0.2, -0.15) is 0 Å². The summed E-state index contributed by atoms with van der Waals surface area (Å²) in [7, 11) is 0. The van der Waals surface area contributed by atoms with Crippen molar-refractivity contribution in [2.45, 2.75) is 36.4 Å². The number of thioether (sulfide) groups is 1. The smallest absolute Gasteiger partial charge is 0.256 e. The minimum absolute atomic E-state index is 0.0258. The fourth-order valence-corrected chi connectivity index (χ4v) is 5.83. The van der Waals surface area contributed by atoms with Gasteiger partial charge in [-0.25, -0.2) is 0 Å². The molecule has 1 aromatic rings. The molecule has 146 valence electrons. The Morgan fingerprint density at radius 3 is 2.81 bits per heavy atom. The molecule has 0 aliphatic carbocycles. The highest BCUT2D eigenvalue weighted by Crippen LogP contribution is 2.56. The molecule has 0 aromatic heterocycles. The lowest BCUT2D eigenvalue weighted by atomic mass is 10.0. The van der Waals surface area contributed by atoms with Gasteiger partial charge in [-0.3, -0.25) is 14.5 Å². The number of carbonyl (C=O) groups excluding carboxylic acids is 2. The molecule has 0 unspecified atom stereocenters. The quantitative estimate of drug-likeness (QED) is 0.779. The van der Waals surface area contributed by atoms with E-state index < -0.39 is 6.04 Å². The Morgan fingerprint density at radius 1 is 1.30 bits per heavy atom. The average Bonchev–Trinajstić information content (AvgIpc) is 3.09. The Hall–Kier alpha value is -1.57. The molecule has 3 aliphatic rings. The van der Waals surface area contributed by atoms with Crippen LogP contribution in [0.15, 0.2) is 24.3 Å². The number of carbonyl (C=O) groups is 2. The maximum absolute atomic E-state index is 13.0. The minimum Gasteiger partial charge on any atom is -0.379 e. The maximum atomic E-state index is 13.0. The molecule has 4 rings (SSSR count). The summed E-state index contributed by atoms with van der Waals surface area (Å²) in [5.74, 6) is -0.0692. The Labute approximate surface area is 164 Å². The van der Waals surface area contributed by atoms with E-state index in [1.54, 1.807) is 16.7 Å². The van der Waals surface area contributed by atoms with Gasteiger partial charge in [0.25, 0.3) is 5.91 Å². The summed E-state index contributed by atoms with van der Waals surface area (Å²) in [6.45, 7) is 9.21. The van der Waals surface area contributed by atoms with Gasteiger partial charge in [-0.1, -0.05) is 18.2 Å². The van der Waals surface area contributed by atoms with Crippen LogP contribution in [0.2, 0.25) is 0 Å². The monoisotopic (exact) mass is 389 g/mol. The van der Waals surface area contributed by atoms with Crippen LogP contribution in [-0.4, -0.2) is 71.8 Å². The lowest BCUT2D eigenvalue weighted by Crippen LogP contribution is -2.52. The van der Waals surface area contributed by atoms with Crippen LogP contribution >= 0.6 is 11.8 Å². The second-order valence-electron chi connectivity index (χ2n) is 7.87. The molecule has 1 N–H and O–H groups in total. The lowest BCUT2D eigenvalue weighted by Gasteiger charge is -2.30. The van der Waals surface area contributed by atoms with E-state index in [0.717, 1.165) is 50.4 Å². The van der Waals surface area contributed by atoms with Gasteiger partial charge in [0.15, 0.2) is 0 Å². The standard InChI is InChI=1S/C20H27N3O3S/c1-20(2)16(17(24)21-8-5-9-22-10-12-26-13-11-22)23-18(25)14-6-3-4-7-15(14)19(23)27-20/h3-4,6-7,16,19H,5,8-13H2,1-2H3,(H,21,24)/t16-,19-/m1/s1. The number of nitrogens with zero attached hydrogens (tertiary/aromatic N) is 2. The third-order valence-corrected chi connectivity index (χ3v) is 7.13. The van der Waals surface area contributed by atoms with Crippen molar-refractivity contribution in [1.82, 2.24) is 15.1 Å². The number of ether oxygens (including phenoxy) is 1. The molecular weight excluding hydrogens is 362 g/mol. The van der Waals surface area contributed by atoms with Crippen LogP contribution in [-0.2, 0) is 9.53 Å². The average molecular weight is 390 g/mol. The molecule has 3 heterocycles. The van der Waals surface area contributed by atoms with Gasteiger partial charge in [0, 0.05) is 29.9 Å². The number of hydrogen-bond acceptors (Lipinski definition) is 5. The summed E-state index contributed by atoms with van der Waals surface area (Å²) in [5.41, 5.74) is 1.76. The van der Waals surface area contributed by atoms with Crippen molar-refractivity contribution in [2.24, 2.45) is 0 Å². The zero-order chi connectivity index (χ0) is 19.0. The molecule has 3 aliphatic heterocycles. The maximum Gasteiger partial charge on any atom is 0.256 e. The van der Waals surface area contributed by atoms with E-state index in [4.69, 9.17) is 4.74 Å². The van der Waals surface area contributed by atoms with Gasteiger partial charge in [0.1, 0.15) is 11.4 Å². The van der Waals surface area contributed by atoms with E-state index in [0.29, 0.717) is 6.54 Å². The van der Waals surface area contributed by atoms with Gasteiger partial charge in [0.2, 0.25) is 5.91 Å². The Bertz CT molecular complexity index is 733. The van der Waals surface area contributed by atoms with Crippen LogP contribution in [0.25, 0.3) is 0 Å². The number of morpholine rings is 1. The topological polar surface area (TPSA) is 61.9 Å². The van der Waals surface area contributed by atoms with E-state index in [1.165, 1.54) is 0 Å². The predicted molar refractivity (Wildman–Crippen MR) is 106 cm³/mol. The number of fused-ring (bicyclic) bond motifs is 3. The van der Waals surface area contributed by atoms with Crippen LogP contribution < -0.4 is 5.32 Å². The van der Waals surface area contributed by atoms with Gasteiger partial charge in [-0.15, -0.1) is 11.8 Å². The van der Waals surface area contributed by atoms with Crippen molar-refractivity contribution in [1.29, 1.82) is 0 Å². The van der Waals surface area contributed by atoms with Gasteiger partial charge >= 0.3 is 0 Å². The molecule has 0 bridgehead atoms. The first-order valence-electron chi connectivity index (χ1n) is 9.66. The molecule has 2 amide bonds. The Morgan fingerprint density at radius 2 is 2.04 bits per heavy atom. The lowest BCUT2D eigenvalue weighted by molar-refractivity contribution is -0.126. The molecule has 27 heavy (non-hydrogen) atoms. The molecule has 0 radical (unpaired) electrons. The van der Waals surface area contributed by atoms with E-state index >= 15 is 0 Å². The van der Waals surface area contributed by atoms with Crippen molar-refractivity contribution in [3.63, 3.8) is 0 Å². The highest BCUT2D eigenvalue weighted by Gasteiger charge is 2.57. The van der Waals surface area contributed by atoms with Crippen molar-refractivity contribution in [3.8, 4) is 0 Å². The van der Waals surface area contributed by atoms with Gasteiger partial charge in [-0.05, 0) is 38.4 Å². The fraction of sp³-hybridized carbons (Fsp3) is 0.600. The van der Waals surface area contributed by atoms with Crippen LogP contribution in [0.1, 0.15) is 41.6 Å². The third-order valence-electron chi connectivity index (χ3n) is 5.60. The molecular formula is C20H27N3O3S. The number of rotatable bonds is 5. The fourth-order valence-electron chi connectivity index (χ4n) is 4.24. The molecule has 0 spiro atoms. The number of hydrogen-bond donors (Lipinski definition) is 1.